The molecule has 7 nitrogen and oxygen atoms in total. The summed E-state index contributed by atoms with van der Waals surface area (Å²) in [6.07, 6.45) is 3.55. The number of hydrogen-bond donors (Lipinski definition) is 1. The molecule has 3 rings (SSSR count). The van der Waals surface area contributed by atoms with Gasteiger partial charge in [-0.05, 0) is 36.8 Å². The van der Waals surface area contributed by atoms with Crippen molar-refractivity contribution in [2.24, 2.45) is 11.8 Å². The maximum Gasteiger partial charge on any atom is 0.306 e. The molecule has 3 atom stereocenters. The Morgan fingerprint density at radius 2 is 1.76 bits per heavy atom. The number of imide groups is 1. The number of nitrogens with one attached hydrogen (secondary N) is 1. The SMILES string of the molecule is C[C@H]1[C@@H](NC(=O)COC(=O)CCCN2C(=O)c3ccccc3C2=O)CCC[C@@H]1C. The van der Waals surface area contributed by atoms with Gasteiger partial charge in [-0.2, -0.15) is 0 Å². The summed E-state index contributed by atoms with van der Waals surface area (Å²) in [4.78, 5) is 49.7. The second-order valence-corrected chi connectivity index (χ2v) is 8.01. The predicted octanol–water partition coefficient (Wildman–Crippen LogP) is 2.55. The van der Waals surface area contributed by atoms with E-state index in [0.29, 0.717) is 29.4 Å². The summed E-state index contributed by atoms with van der Waals surface area (Å²) in [6.45, 7) is 4.17. The van der Waals surface area contributed by atoms with Crippen molar-refractivity contribution in [3.05, 3.63) is 35.4 Å². The van der Waals surface area contributed by atoms with Crippen LogP contribution in [-0.4, -0.2) is 47.8 Å². The fourth-order valence-corrected chi connectivity index (χ4v) is 4.08. The minimum absolute atomic E-state index is 0.0392. The first kappa shape index (κ1) is 21.0. The van der Waals surface area contributed by atoms with Crippen molar-refractivity contribution in [2.75, 3.05) is 13.2 Å². The van der Waals surface area contributed by atoms with Crippen LogP contribution in [0.3, 0.4) is 0 Å². The van der Waals surface area contributed by atoms with E-state index in [0.717, 1.165) is 17.7 Å². The Bertz CT molecular complexity index is 771. The van der Waals surface area contributed by atoms with Crippen LogP contribution in [0.4, 0.5) is 0 Å². The number of amides is 3. The summed E-state index contributed by atoms with van der Waals surface area (Å²) in [6, 6.07) is 6.79. The third kappa shape index (κ3) is 4.83. The van der Waals surface area contributed by atoms with E-state index in [9.17, 15) is 19.2 Å². The number of hydrogen-bond acceptors (Lipinski definition) is 5. The highest BCUT2D eigenvalue weighted by atomic mass is 16.5. The van der Waals surface area contributed by atoms with Crippen molar-refractivity contribution in [1.82, 2.24) is 10.2 Å². The van der Waals surface area contributed by atoms with E-state index in [-0.39, 0.29) is 43.3 Å². The lowest BCUT2D eigenvalue weighted by molar-refractivity contribution is -0.149. The van der Waals surface area contributed by atoms with E-state index >= 15 is 0 Å². The minimum Gasteiger partial charge on any atom is -0.456 e. The molecule has 3 amide bonds. The molecule has 0 radical (unpaired) electrons. The van der Waals surface area contributed by atoms with Crippen molar-refractivity contribution in [3.63, 3.8) is 0 Å². The Labute approximate surface area is 170 Å². The van der Waals surface area contributed by atoms with Gasteiger partial charge in [-0.25, -0.2) is 0 Å². The maximum absolute atomic E-state index is 12.3. The van der Waals surface area contributed by atoms with Crippen LogP contribution in [0.2, 0.25) is 0 Å². The summed E-state index contributed by atoms with van der Waals surface area (Å²) in [7, 11) is 0. The molecule has 1 aliphatic heterocycles. The summed E-state index contributed by atoms with van der Waals surface area (Å²) in [5, 5.41) is 2.96. The standard InChI is InChI=1S/C22H28N2O5/c1-14-7-5-10-18(15(14)2)23-19(25)13-29-20(26)11-6-12-24-21(27)16-8-3-4-9-17(16)22(24)28/h3-4,8-9,14-15,18H,5-7,10-13H2,1-2H3,(H,23,25)/t14-,15+,18-/m0/s1. The first-order chi connectivity index (χ1) is 13.9. The quantitative estimate of drug-likeness (QED) is 0.561. The molecule has 1 saturated carbocycles. The molecule has 0 saturated heterocycles. The Morgan fingerprint density at radius 1 is 1.10 bits per heavy atom. The summed E-state index contributed by atoms with van der Waals surface area (Å²) in [5.74, 6) is -0.503. The van der Waals surface area contributed by atoms with Gasteiger partial charge >= 0.3 is 5.97 Å². The van der Waals surface area contributed by atoms with Crippen LogP contribution < -0.4 is 5.32 Å². The Balaban J connectivity index is 1.37. The number of esters is 1. The smallest absolute Gasteiger partial charge is 0.306 e. The van der Waals surface area contributed by atoms with Crippen LogP contribution in [0.15, 0.2) is 24.3 Å². The molecular formula is C22H28N2O5. The van der Waals surface area contributed by atoms with E-state index in [1.165, 1.54) is 6.42 Å². The van der Waals surface area contributed by atoms with Gasteiger partial charge in [0.05, 0.1) is 11.1 Å². The van der Waals surface area contributed by atoms with Crippen LogP contribution in [0.25, 0.3) is 0 Å². The molecule has 7 heteroatoms. The average molecular weight is 400 g/mol. The first-order valence-corrected chi connectivity index (χ1v) is 10.3. The minimum atomic E-state index is -0.512. The highest BCUT2D eigenvalue weighted by Gasteiger charge is 2.34. The van der Waals surface area contributed by atoms with Gasteiger partial charge in [0.15, 0.2) is 6.61 Å². The fraction of sp³-hybridized carbons (Fsp3) is 0.545. The van der Waals surface area contributed by atoms with Gasteiger partial charge in [-0.1, -0.05) is 38.8 Å². The molecule has 1 fully saturated rings. The van der Waals surface area contributed by atoms with E-state index in [1.807, 2.05) is 0 Å². The normalized spacial score (nSPS) is 23.7. The number of rotatable bonds is 7. The lowest BCUT2D eigenvalue weighted by atomic mass is 9.78. The molecule has 0 aromatic heterocycles. The number of ether oxygens (including phenoxy) is 1. The number of fused-ring (bicyclic) bond motifs is 1. The van der Waals surface area contributed by atoms with Crippen molar-refractivity contribution in [3.8, 4) is 0 Å². The average Bonchev–Trinajstić information content (AvgIpc) is 2.95. The summed E-state index contributed by atoms with van der Waals surface area (Å²) >= 11 is 0. The Morgan fingerprint density at radius 3 is 2.41 bits per heavy atom. The van der Waals surface area contributed by atoms with Gasteiger partial charge in [0.1, 0.15) is 0 Å². The number of nitrogens with zero attached hydrogens (tertiary/aromatic N) is 1. The van der Waals surface area contributed by atoms with Crippen molar-refractivity contribution < 1.29 is 23.9 Å². The highest BCUT2D eigenvalue weighted by molar-refractivity contribution is 6.21. The molecular weight excluding hydrogens is 372 g/mol. The largest absolute Gasteiger partial charge is 0.456 e. The van der Waals surface area contributed by atoms with Gasteiger partial charge in [-0.3, -0.25) is 24.1 Å². The number of carbonyl (C=O) groups is 4. The molecule has 0 unspecified atom stereocenters. The Kier molecular flexibility index (Phi) is 6.67. The van der Waals surface area contributed by atoms with Crippen LogP contribution in [0.1, 0.15) is 66.7 Å². The number of benzene rings is 1. The predicted molar refractivity (Wildman–Crippen MR) is 106 cm³/mol. The molecule has 1 aliphatic carbocycles. The second-order valence-electron chi connectivity index (χ2n) is 8.01. The zero-order chi connectivity index (χ0) is 21.0. The Hall–Kier alpha value is -2.70. The van der Waals surface area contributed by atoms with Crippen LogP contribution >= 0.6 is 0 Å². The molecule has 1 aromatic rings. The van der Waals surface area contributed by atoms with Crippen molar-refractivity contribution >= 4 is 23.7 Å². The zero-order valence-corrected chi connectivity index (χ0v) is 17.0. The van der Waals surface area contributed by atoms with Gasteiger partial charge in [-0.15, -0.1) is 0 Å². The second kappa shape index (κ2) is 9.20. The summed E-state index contributed by atoms with van der Waals surface area (Å²) in [5.41, 5.74) is 0.783. The van der Waals surface area contributed by atoms with E-state index in [4.69, 9.17) is 4.74 Å². The third-order valence-electron chi connectivity index (χ3n) is 6.06. The molecule has 1 heterocycles. The molecule has 29 heavy (non-hydrogen) atoms. The van der Waals surface area contributed by atoms with Gasteiger partial charge in [0.2, 0.25) is 0 Å². The van der Waals surface area contributed by atoms with Gasteiger partial charge in [0.25, 0.3) is 17.7 Å². The van der Waals surface area contributed by atoms with Gasteiger partial charge < -0.3 is 10.1 Å². The molecule has 1 aromatic carbocycles. The fourth-order valence-electron chi connectivity index (χ4n) is 4.08. The molecule has 0 spiro atoms. The third-order valence-corrected chi connectivity index (χ3v) is 6.06. The number of carbonyl (C=O) groups excluding carboxylic acids is 4. The monoisotopic (exact) mass is 400 g/mol. The topological polar surface area (TPSA) is 92.8 Å². The van der Waals surface area contributed by atoms with E-state index in [1.54, 1.807) is 24.3 Å². The molecule has 0 bridgehead atoms. The lowest BCUT2D eigenvalue weighted by Gasteiger charge is -2.34. The van der Waals surface area contributed by atoms with Crippen molar-refractivity contribution in [1.29, 1.82) is 0 Å². The first-order valence-electron chi connectivity index (χ1n) is 10.3. The molecule has 156 valence electrons. The van der Waals surface area contributed by atoms with Gasteiger partial charge in [0, 0.05) is 19.0 Å². The molecule has 1 N–H and O–H groups in total. The highest BCUT2D eigenvalue weighted by Crippen LogP contribution is 2.29. The van der Waals surface area contributed by atoms with E-state index < -0.39 is 5.97 Å². The molecule has 2 aliphatic rings. The zero-order valence-electron chi connectivity index (χ0n) is 17.0. The van der Waals surface area contributed by atoms with Crippen LogP contribution in [0, 0.1) is 11.8 Å². The van der Waals surface area contributed by atoms with Crippen LogP contribution in [0.5, 0.6) is 0 Å². The van der Waals surface area contributed by atoms with Crippen LogP contribution in [-0.2, 0) is 14.3 Å². The van der Waals surface area contributed by atoms with Crippen molar-refractivity contribution in [2.45, 2.75) is 52.0 Å². The maximum atomic E-state index is 12.3. The van der Waals surface area contributed by atoms with E-state index in [2.05, 4.69) is 19.2 Å². The lowest BCUT2D eigenvalue weighted by Crippen LogP contribution is -2.45. The summed E-state index contributed by atoms with van der Waals surface area (Å²) < 4.78 is 5.05.